The number of pyridine rings is 1. The van der Waals surface area contributed by atoms with Crippen molar-refractivity contribution in [2.24, 2.45) is 22.6 Å². The fourth-order valence-corrected chi connectivity index (χ4v) is 5.99. The van der Waals surface area contributed by atoms with Crippen LogP contribution in [0.2, 0.25) is 0 Å². The lowest BCUT2D eigenvalue weighted by atomic mass is 9.74. The molecule has 3 N–H and O–H groups in total. The number of likely N-dealkylation sites (N-methyl/N-ethyl adjacent to an activating group) is 1. The Hall–Kier alpha value is -2.11. The van der Waals surface area contributed by atoms with Gasteiger partial charge in [0.15, 0.2) is 5.96 Å². The first-order valence-corrected chi connectivity index (χ1v) is 12.3. The van der Waals surface area contributed by atoms with Gasteiger partial charge in [0.1, 0.15) is 11.4 Å². The SMILES string of the molecule is Cc1cccc(N[C@@H]2CCC[C@H](C[C@@]3(CCC4CCCCC4)N=C(N)N(C)C3=O)C2)n1. The molecule has 1 aromatic heterocycles. The molecule has 1 aromatic rings. The first-order valence-electron chi connectivity index (χ1n) is 12.3. The van der Waals surface area contributed by atoms with Gasteiger partial charge in [-0.3, -0.25) is 9.69 Å². The number of carbonyl (C=O) groups excluding carboxylic acids is 1. The summed E-state index contributed by atoms with van der Waals surface area (Å²) >= 11 is 0. The van der Waals surface area contributed by atoms with Crippen LogP contribution in [0.5, 0.6) is 0 Å². The molecule has 2 heterocycles. The van der Waals surface area contributed by atoms with E-state index < -0.39 is 5.54 Å². The molecule has 0 aromatic carbocycles. The Balaban J connectivity index is 1.43. The predicted octanol–water partition coefficient (Wildman–Crippen LogP) is 4.64. The molecule has 1 aliphatic heterocycles. The van der Waals surface area contributed by atoms with Gasteiger partial charge in [0.25, 0.3) is 5.91 Å². The number of aromatic nitrogens is 1. The van der Waals surface area contributed by atoms with Crippen molar-refractivity contribution in [2.45, 2.75) is 95.6 Å². The third-order valence-electron chi connectivity index (χ3n) is 7.72. The molecule has 170 valence electrons. The number of hydrogen-bond donors (Lipinski definition) is 2. The van der Waals surface area contributed by atoms with E-state index in [9.17, 15) is 4.79 Å². The maximum absolute atomic E-state index is 13.3. The molecule has 0 radical (unpaired) electrons. The number of rotatable bonds is 7. The van der Waals surface area contributed by atoms with E-state index in [1.807, 2.05) is 19.1 Å². The van der Waals surface area contributed by atoms with Gasteiger partial charge in [-0.15, -0.1) is 0 Å². The minimum atomic E-state index is -0.648. The lowest BCUT2D eigenvalue weighted by Crippen LogP contribution is -2.44. The monoisotopic (exact) mass is 425 g/mol. The average Bonchev–Trinajstić information content (AvgIpc) is 2.97. The second-order valence-corrected chi connectivity index (χ2v) is 10.2. The van der Waals surface area contributed by atoms with Crippen LogP contribution in [0.3, 0.4) is 0 Å². The Morgan fingerprint density at radius 1 is 1.13 bits per heavy atom. The van der Waals surface area contributed by atoms with Crippen LogP contribution < -0.4 is 11.1 Å². The van der Waals surface area contributed by atoms with Crippen LogP contribution >= 0.6 is 0 Å². The van der Waals surface area contributed by atoms with E-state index >= 15 is 0 Å². The lowest BCUT2D eigenvalue weighted by Gasteiger charge is -2.35. The summed E-state index contributed by atoms with van der Waals surface area (Å²) in [6.07, 6.45) is 14.0. The highest BCUT2D eigenvalue weighted by atomic mass is 16.2. The van der Waals surface area contributed by atoms with Crippen LogP contribution in [0.15, 0.2) is 23.2 Å². The largest absolute Gasteiger partial charge is 0.369 e. The van der Waals surface area contributed by atoms with E-state index in [1.54, 1.807) is 11.9 Å². The van der Waals surface area contributed by atoms with Gasteiger partial charge in [-0.25, -0.2) is 9.98 Å². The Morgan fingerprint density at radius 2 is 1.90 bits per heavy atom. The quantitative estimate of drug-likeness (QED) is 0.667. The smallest absolute Gasteiger partial charge is 0.257 e. The van der Waals surface area contributed by atoms with E-state index in [1.165, 1.54) is 38.5 Å². The summed E-state index contributed by atoms with van der Waals surface area (Å²) in [5.41, 5.74) is 6.52. The fourth-order valence-electron chi connectivity index (χ4n) is 5.99. The van der Waals surface area contributed by atoms with Crippen molar-refractivity contribution in [1.82, 2.24) is 9.88 Å². The average molecular weight is 426 g/mol. The summed E-state index contributed by atoms with van der Waals surface area (Å²) in [5, 5.41) is 3.63. The molecule has 3 atom stereocenters. The number of guanidine groups is 1. The maximum atomic E-state index is 13.3. The molecule has 4 rings (SSSR count). The number of hydrogen-bond acceptors (Lipinski definition) is 5. The highest BCUT2D eigenvalue weighted by molar-refractivity contribution is 6.06. The van der Waals surface area contributed by atoms with Crippen molar-refractivity contribution in [3.8, 4) is 0 Å². The number of aryl methyl sites for hydroxylation is 1. The second kappa shape index (κ2) is 9.58. The summed E-state index contributed by atoms with van der Waals surface area (Å²) in [5.74, 6) is 2.68. The second-order valence-electron chi connectivity index (χ2n) is 10.2. The highest BCUT2D eigenvalue weighted by Crippen LogP contribution is 2.40. The summed E-state index contributed by atoms with van der Waals surface area (Å²) in [7, 11) is 1.78. The van der Waals surface area contributed by atoms with Gasteiger partial charge in [-0.05, 0) is 63.0 Å². The van der Waals surface area contributed by atoms with Gasteiger partial charge in [0.05, 0.1) is 0 Å². The van der Waals surface area contributed by atoms with E-state index in [-0.39, 0.29) is 5.91 Å². The predicted molar refractivity (Wildman–Crippen MR) is 126 cm³/mol. The Labute approximate surface area is 187 Å². The fraction of sp³-hybridized carbons (Fsp3) is 0.720. The van der Waals surface area contributed by atoms with Gasteiger partial charge in [0.2, 0.25) is 0 Å². The summed E-state index contributed by atoms with van der Waals surface area (Å²) in [6.45, 7) is 2.02. The molecule has 0 unspecified atom stereocenters. The van der Waals surface area contributed by atoms with Gasteiger partial charge < -0.3 is 11.1 Å². The van der Waals surface area contributed by atoms with Crippen molar-refractivity contribution >= 4 is 17.7 Å². The van der Waals surface area contributed by atoms with Crippen molar-refractivity contribution in [1.29, 1.82) is 0 Å². The van der Waals surface area contributed by atoms with Crippen LogP contribution in [0.25, 0.3) is 0 Å². The lowest BCUT2D eigenvalue weighted by molar-refractivity contribution is -0.131. The Kier molecular flexibility index (Phi) is 6.83. The van der Waals surface area contributed by atoms with E-state index in [0.29, 0.717) is 17.9 Å². The third kappa shape index (κ3) is 5.21. The van der Waals surface area contributed by atoms with Crippen LogP contribution in [-0.2, 0) is 4.79 Å². The van der Waals surface area contributed by atoms with E-state index in [2.05, 4.69) is 16.4 Å². The van der Waals surface area contributed by atoms with Gasteiger partial charge in [-0.2, -0.15) is 0 Å². The van der Waals surface area contributed by atoms with Crippen molar-refractivity contribution < 1.29 is 4.79 Å². The minimum absolute atomic E-state index is 0.108. The maximum Gasteiger partial charge on any atom is 0.257 e. The summed E-state index contributed by atoms with van der Waals surface area (Å²) in [4.78, 5) is 24.3. The van der Waals surface area contributed by atoms with Crippen LogP contribution in [0.1, 0.15) is 82.7 Å². The van der Waals surface area contributed by atoms with Crippen LogP contribution in [0, 0.1) is 18.8 Å². The third-order valence-corrected chi connectivity index (χ3v) is 7.72. The number of carbonyl (C=O) groups is 1. The molecular weight excluding hydrogens is 386 g/mol. The molecule has 0 saturated heterocycles. The Morgan fingerprint density at radius 3 is 2.61 bits per heavy atom. The molecule has 2 saturated carbocycles. The van der Waals surface area contributed by atoms with Crippen LogP contribution in [-0.4, -0.2) is 40.4 Å². The number of nitrogens with zero attached hydrogens (tertiary/aromatic N) is 3. The minimum Gasteiger partial charge on any atom is -0.369 e. The molecule has 31 heavy (non-hydrogen) atoms. The van der Waals surface area contributed by atoms with E-state index in [4.69, 9.17) is 10.7 Å². The molecule has 2 fully saturated rings. The number of aliphatic imine (C=N–C) groups is 1. The zero-order valence-electron chi connectivity index (χ0n) is 19.3. The number of anilines is 1. The van der Waals surface area contributed by atoms with Crippen molar-refractivity contribution in [3.63, 3.8) is 0 Å². The molecule has 6 heteroatoms. The first-order chi connectivity index (χ1) is 14.9. The van der Waals surface area contributed by atoms with Crippen molar-refractivity contribution in [2.75, 3.05) is 12.4 Å². The molecule has 1 amide bonds. The summed E-state index contributed by atoms with van der Waals surface area (Å²) in [6, 6.07) is 6.52. The Bertz CT molecular complexity index is 803. The molecule has 0 spiro atoms. The zero-order valence-corrected chi connectivity index (χ0v) is 19.3. The zero-order chi connectivity index (χ0) is 21.8. The van der Waals surface area contributed by atoms with Crippen LogP contribution in [0.4, 0.5) is 5.82 Å². The summed E-state index contributed by atoms with van der Waals surface area (Å²) < 4.78 is 0. The molecular formula is C25H39N5O. The van der Waals surface area contributed by atoms with E-state index in [0.717, 1.165) is 56.0 Å². The van der Waals surface area contributed by atoms with Gasteiger partial charge >= 0.3 is 0 Å². The number of nitrogens with one attached hydrogen (secondary N) is 1. The van der Waals surface area contributed by atoms with Gasteiger partial charge in [0, 0.05) is 18.8 Å². The topological polar surface area (TPSA) is 83.6 Å². The normalized spacial score (nSPS) is 29.8. The standard InChI is InChI=1S/C25H39N5O/c1-18-8-6-13-22(27-18)28-21-12-7-11-20(16-21)17-25(23(31)30(2)24(26)29-25)15-14-19-9-4-3-5-10-19/h6,8,13,19-21H,3-5,7,9-12,14-17H2,1-2H3,(H2,26,29)(H,27,28)/t20-,21+,25+/m0/s1. The molecule has 0 bridgehead atoms. The highest BCUT2D eigenvalue weighted by Gasteiger charge is 2.48. The van der Waals surface area contributed by atoms with Crippen molar-refractivity contribution in [3.05, 3.63) is 23.9 Å². The number of amides is 1. The molecule has 3 aliphatic rings. The molecule has 6 nitrogen and oxygen atoms in total. The molecule has 2 aliphatic carbocycles. The number of nitrogens with two attached hydrogens (primary N) is 1. The first kappa shape index (κ1) is 22.1. The van der Waals surface area contributed by atoms with Gasteiger partial charge in [-0.1, -0.05) is 51.0 Å².